The fraction of sp³-hybridized carbons (Fsp3) is 0.842. The Morgan fingerprint density at radius 3 is 1.62 bits per heavy atom. The first-order valence-corrected chi connectivity index (χ1v) is 9.14. The van der Waals surface area contributed by atoms with E-state index in [9.17, 15) is 4.79 Å². The van der Waals surface area contributed by atoms with E-state index in [1.165, 1.54) is 64.2 Å². The van der Waals surface area contributed by atoms with Crippen molar-refractivity contribution in [3.63, 3.8) is 0 Å². The van der Waals surface area contributed by atoms with E-state index in [0.717, 1.165) is 25.7 Å². The van der Waals surface area contributed by atoms with Crippen molar-refractivity contribution in [1.29, 1.82) is 0 Å². The van der Waals surface area contributed by atoms with Gasteiger partial charge in [-0.1, -0.05) is 76.9 Å². The Bertz CT molecular complexity index is 246. The van der Waals surface area contributed by atoms with Crippen LogP contribution in [-0.2, 0) is 4.79 Å². The standard InChI is InChI=1S/C19H36O2/c1-2-3-4-5-6-7-8-9-10-11-12-13-14-15-16-17-18-19(20)21/h12-13H,2-11,14-18H2,1H3,(H,20,21)/b13-12-. The van der Waals surface area contributed by atoms with Gasteiger partial charge in [-0.2, -0.15) is 0 Å². The molecule has 0 rings (SSSR count). The van der Waals surface area contributed by atoms with E-state index in [1.54, 1.807) is 0 Å². The molecule has 21 heavy (non-hydrogen) atoms. The summed E-state index contributed by atoms with van der Waals surface area (Å²) in [4.78, 5) is 10.3. The smallest absolute Gasteiger partial charge is 0.303 e. The van der Waals surface area contributed by atoms with Crippen LogP contribution in [0.2, 0.25) is 0 Å². The van der Waals surface area contributed by atoms with Crippen molar-refractivity contribution in [2.24, 2.45) is 0 Å². The summed E-state index contributed by atoms with van der Waals surface area (Å²) >= 11 is 0. The molecule has 0 spiro atoms. The van der Waals surface area contributed by atoms with Gasteiger partial charge in [-0.3, -0.25) is 4.79 Å². The van der Waals surface area contributed by atoms with Crippen LogP contribution in [0.3, 0.4) is 0 Å². The third-order valence-electron chi connectivity index (χ3n) is 3.90. The SMILES string of the molecule is CCCCCCCCCCC/C=C\CCCCCC(=O)O. The monoisotopic (exact) mass is 296 g/mol. The molecule has 0 bridgehead atoms. The molecule has 2 nitrogen and oxygen atoms in total. The van der Waals surface area contributed by atoms with Crippen LogP contribution in [0.4, 0.5) is 0 Å². The van der Waals surface area contributed by atoms with Crippen molar-refractivity contribution < 1.29 is 9.90 Å². The minimum Gasteiger partial charge on any atom is -0.481 e. The molecule has 0 aliphatic rings. The van der Waals surface area contributed by atoms with Gasteiger partial charge >= 0.3 is 5.97 Å². The average Bonchev–Trinajstić information content (AvgIpc) is 2.46. The summed E-state index contributed by atoms with van der Waals surface area (Å²) in [6.07, 6.45) is 22.7. The third-order valence-corrected chi connectivity index (χ3v) is 3.90. The molecule has 0 saturated heterocycles. The van der Waals surface area contributed by atoms with Crippen LogP contribution >= 0.6 is 0 Å². The van der Waals surface area contributed by atoms with Gasteiger partial charge in [0.2, 0.25) is 0 Å². The van der Waals surface area contributed by atoms with Crippen molar-refractivity contribution in [3.05, 3.63) is 12.2 Å². The summed E-state index contributed by atoms with van der Waals surface area (Å²) in [7, 11) is 0. The van der Waals surface area contributed by atoms with Gasteiger partial charge in [0.1, 0.15) is 0 Å². The molecule has 0 heterocycles. The number of hydrogen-bond acceptors (Lipinski definition) is 1. The van der Waals surface area contributed by atoms with Gasteiger partial charge in [0, 0.05) is 6.42 Å². The van der Waals surface area contributed by atoms with Gasteiger partial charge in [-0.05, 0) is 32.1 Å². The van der Waals surface area contributed by atoms with Crippen molar-refractivity contribution in [1.82, 2.24) is 0 Å². The second-order valence-electron chi connectivity index (χ2n) is 6.08. The van der Waals surface area contributed by atoms with Gasteiger partial charge in [-0.25, -0.2) is 0 Å². The first-order valence-electron chi connectivity index (χ1n) is 9.14. The Balaban J connectivity index is 3.07. The van der Waals surface area contributed by atoms with Crippen LogP contribution in [0.1, 0.15) is 103 Å². The van der Waals surface area contributed by atoms with Crippen LogP contribution in [0.25, 0.3) is 0 Å². The molecule has 124 valence electrons. The Kier molecular flexibility index (Phi) is 16.6. The molecule has 0 aromatic heterocycles. The topological polar surface area (TPSA) is 37.3 Å². The Hall–Kier alpha value is -0.790. The first-order chi connectivity index (χ1) is 10.3. The van der Waals surface area contributed by atoms with Crippen molar-refractivity contribution >= 4 is 5.97 Å². The molecule has 0 saturated carbocycles. The maximum Gasteiger partial charge on any atom is 0.303 e. The molecule has 0 aliphatic carbocycles. The first kappa shape index (κ1) is 20.2. The summed E-state index contributed by atoms with van der Waals surface area (Å²) in [5.74, 6) is -0.670. The highest BCUT2D eigenvalue weighted by Gasteiger charge is 1.95. The predicted octanol–water partition coefficient (Wildman–Crippen LogP) is 6.50. The van der Waals surface area contributed by atoms with E-state index < -0.39 is 5.97 Å². The van der Waals surface area contributed by atoms with E-state index in [-0.39, 0.29) is 0 Å². The van der Waals surface area contributed by atoms with Crippen molar-refractivity contribution in [3.8, 4) is 0 Å². The molecule has 0 aromatic carbocycles. The van der Waals surface area contributed by atoms with E-state index in [1.807, 2.05) is 0 Å². The van der Waals surface area contributed by atoms with Crippen LogP contribution < -0.4 is 0 Å². The molecule has 0 fully saturated rings. The van der Waals surface area contributed by atoms with Gasteiger partial charge in [0.25, 0.3) is 0 Å². The largest absolute Gasteiger partial charge is 0.481 e. The summed E-state index contributed by atoms with van der Waals surface area (Å²) in [5.41, 5.74) is 0. The van der Waals surface area contributed by atoms with Gasteiger partial charge in [-0.15, -0.1) is 0 Å². The fourth-order valence-electron chi connectivity index (χ4n) is 2.52. The fourth-order valence-corrected chi connectivity index (χ4v) is 2.52. The molecule has 0 aromatic rings. The van der Waals surface area contributed by atoms with E-state index in [0.29, 0.717) is 6.42 Å². The lowest BCUT2D eigenvalue weighted by molar-refractivity contribution is -0.137. The molecule has 0 aliphatic heterocycles. The lowest BCUT2D eigenvalue weighted by Gasteiger charge is -2.00. The summed E-state index contributed by atoms with van der Waals surface area (Å²) in [6, 6.07) is 0. The number of rotatable bonds is 16. The Morgan fingerprint density at radius 2 is 1.14 bits per heavy atom. The molecular formula is C19H36O2. The van der Waals surface area contributed by atoms with Crippen LogP contribution in [-0.4, -0.2) is 11.1 Å². The molecule has 2 heteroatoms. The van der Waals surface area contributed by atoms with Crippen LogP contribution in [0.15, 0.2) is 12.2 Å². The zero-order valence-electron chi connectivity index (χ0n) is 14.1. The number of hydrogen-bond donors (Lipinski definition) is 1. The van der Waals surface area contributed by atoms with Crippen LogP contribution in [0.5, 0.6) is 0 Å². The lowest BCUT2D eigenvalue weighted by Crippen LogP contribution is -1.93. The lowest BCUT2D eigenvalue weighted by atomic mass is 10.1. The molecule has 0 atom stereocenters. The summed E-state index contributed by atoms with van der Waals surface area (Å²) in [5, 5.41) is 8.51. The minimum atomic E-state index is -0.670. The van der Waals surface area contributed by atoms with Gasteiger partial charge in [0.15, 0.2) is 0 Å². The number of carboxylic acid groups (broad SMARTS) is 1. The summed E-state index contributed by atoms with van der Waals surface area (Å²) in [6.45, 7) is 2.27. The molecular weight excluding hydrogens is 260 g/mol. The highest BCUT2D eigenvalue weighted by Crippen LogP contribution is 2.11. The van der Waals surface area contributed by atoms with Crippen molar-refractivity contribution in [2.45, 2.75) is 103 Å². The predicted molar refractivity (Wildman–Crippen MR) is 91.7 cm³/mol. The number of unbranched alkanes of at least 4 members (excludes halogenated alkanes) is 12. The van der Waals surface area contributed by atoms with Gasteiger partial charge < -0.3 is 5.11 Å². The zero-order chi connectivity index (χ0) is 15.6. The second kappa shape index (κ2) is 17.3. The van der Waals surface area contributed by atoms with Gasteiger partial charge in [0.05, 0.1) is 0 Å². The highest BCUT2D eigenvalue weighted by molar-refractivity contribution is 5.66. The normalized spacial score (nSPS) is 11.3. The molecule has 0 radical (unpaired) electrons. The zero-order valence-corrected chi connectivity index (χ0v) is 14.1. The number of allylic oxidation sites excluding steroid dienone is 2. The number of carboxylic acids is 1. The van der Waals surface area contributed by atoms with Crippen LogP contribution in [0, 0.1) is 0 Å². The quantitative estimate of drug-likeness (QED) is 0.261. The van der Waals surface area contributed by atoms with E-state index >= 15 is 0 Å². The summed E-state index contributed by atoms with van der Waals surface area (Å²) < 4.78 is 0. The number of carbonyl (C=O) groups is 1. The maximum absolute atomic E-state index is 10.3. The van der Waals surface area contributed by atoms with Crippen molar-refractivity contribution in [2.75, 3.05) is 0 Å². The molecule has 1 N–H and O–H groups in total. The highest BCUT2D eigenvalue weighted by atomic mass is 16.4. The second-order valence-corrected chi connectivity index (χ2v) is 6.08. The third kappa shape index (κ3) is 19.2. The maximum atomic E-state index is 10.3. The van der Waals surface area contributed by atoms with E-state index in [2.05, 4.69) is 19.1 Å². The average molecular weight is 296 g/mol. The number of aliphatic carboxylic acids is 1. The van der Waals surface area contributed by atoms with E-state index in [4.69, 9.17) is 5.11 Å². The Morgan fingerprint density at radius 1 is 0.714 bits per heavy atom. The molecule has 0 unspecified atom stereocenters. The minimum absolute atomic E-state index is 0.322. The molecule has 0 amide bonds. The Labute approximate surface area is 132 Å².